The second-order valence-corrected chi connectivity index (χ2v) is 6.61. The predicted molar refractivity (Wildman–Crippen MR) is 103 cm³/mol. The molecule has 0 N–H and O–H groups in total. The zero-order valence-corrected chi connectivity index (χ0v) is 15.6. The molecule has 3 rings (SSSR count). The lowest BCUT2D eigenvalue weighted by Gasteiger charge is -2.31. The SMILES string of the molecule is COc1ccc(N(CC(=O)N2CCCc3ccccc32)C(C)=O)cc1Cl. The Morgan fingerprint density at radius 2 is 2.00 bits per heavy atom. The average Bonchev–Trinajstić information content (AvgIpc) is 2.65. The van der Waals surface area contributed by atoms with Gasteiger partial charge in [0.05, 0.1) is 12.1 Å². The van der Waals surface area contributed by atoms with E-state index in [1.807, 2.05) is 24.3 Å². The van der Waals surface area contributed by atoms with Crippen LogP contribution in [0.15, 0.2) is 42.5 Å². The molecule has 0 bridgehead atoms. The number of carbonyl (C=O) groups excluding carboxylic acids is 2. The van der Waals surface area contributed by atoms with Crippen molar-refractivity contribution in [1.82, 2.24) is 0 Å². The van der Waals surface area contributed by atoms with Crippen LogP contribution in [-0.4, -0.2) is 32.0 Å². The minimum atomic E-state index is -0.218. The Bertz CT molecular complexity index is 838. The second-order valence-electron chi connectivity index (χ2n) is 6.20. The van der Waals surface area contributed by atoms with Gasteiger partial charge in [0.15, 0.2) is 0 Å². The summed E-state index contributed by atoms with van der Waals surface area (Å²) in [5.74, 6) is 0.194. The Balaban J connectivity index is 1.84. The molecule has 1 aliphatic rings. The highest BCUT2D eigenvalue weighted by Gasteiger charge is 2.25. The molecule has 26 heavy (non-hydrogen) atoms. The number of nitrogens with zero attached hydrogens (tertiary/aromatic N) is 2. The van der Waals surface area contributed by atoms with Gasteiger partial charge in [0.25, 0.3) is 0 Å². The fourth-order valence-corrected chi connectivity index (χ4v) is 3.47. The smallest absolute Gasteiger partial charge is 0.247 e. The first-order valence-corrected chi connectivity index (χ1v) is 8.89. The zero-order chi connectivity index (χ0) is 18.7. The molecule has 0 saturated carbocycles. The first kappa shape index (κ1) is 18.3. The molecular weight excluding hydrogens is 352 g/mol. The fourth-order valence-electron chi connectivity index (χ4n) is 3.22. The van der Waals surface area contributed by atoms with Gasteiger partial charge in [-0.3, -0.25) is 9.59 Å². The Kier molecular flexibility index (Phi) is 5.47. The summed E-state index contributed by atoms with van der Waals surface area (Å²) in [4.78, 5) is 28.3. The minimum Gasteiger partial charge on any atom is -0.495 e. The maximum Gasteiger partial charge on any atom is 0.247 e. The van der Waals surface area contributed by atoms with Crippen LogP contribution < -0.4 is 14.5 Å². The summed E-state index contributed by atoms with van der Waals surface area (Å²) < 4.78 is 5.14. The minimum absolute atomic E-state index is 0.0354. The van der Waals surface area contributed by atoms with Crippen LogP contribution in [-0.2, 0) is 16.0 Å². The molecule has 6 heteroatoms. The van der Waals surface area contributed by atoms with E-state index in [9.17, 15) is 9.59 Å². The highest BCUT2D eigenvalue weighted by atomic mass is 35.5. The quantitative estimate of drug-likeness (QED) is 0.822. The molecule has 0 fully saturated rings. The van der Waals surface area contributed by atoms with Crippen molar-refractivity contribution >= 4 is 34.8 Å². The molecular formula is C20H21ClN2O3. The van der Waals surface area contributed by atoms with Crippen LogP contribution in [0, 0.1) is 0 Å². The van der Waals surface area contributed by atoms with Gasteiger partial charge in [-0.2, -0.15) is 0 Å². The number of amides is 2. The van der Waals surface area contributed by atoms with Crippen LogP contribution in [0.2, 0.25) is 5.02 Å². The number of anilines is 2. The summed E-state index contributed by atoms with van der Waals surface area (Å²) in [6.45, 7) is 2.06. The third-order valence-electron chi connectivity index (χ3n) is 4.53. The van der Waals surface area contributed by atoms with E-state index < -0.39 is 0 Å². The topological polar surface area (TPSA) is 49.9 Å². The van der Waals surface area contributed by atoms with Crippen molar-refractivity contribution in [3.63, 3.8) is 0 Å². The van der Waals surface area contributed by atoms with Crippen molar-refractivity contribution in [2.45, 2.75) is 19.8 Å². The van der Waals surface area contributed by atoms with Crippen LogP contribution in [0.1, 0.15) is 18.9 Å². The molecule has 0 aliphatic carbocycles. The molecule has 0 spiro atoms. The zero-order valence-electron chi connectivity index (χ0n) is 14.9. The number of carbonyl (C=O) groups is 2. The highest BCUT2D eigenvalue weighted by molar-refractivity contribution is 6.32. The lowest BCUT2D eigenvalue weighted by Crippen LogP contribution is -2.44. The van der Waals surface area contributed by atoms with Crippen molar-refractivity contribution < 1.29 is 14.3 Å². The Morgan fingerprint density at radius 1 is 1.23 bits per heavy atom. The summed E-state index contributed by atoms with van der Waals surface area (Å²) in [6, 6.07) is 13.0. The van der Waals surface area contributed by atoms with Crippen LogP contribution in [0.25, 0.3) is 0 Å². The second kappa shape index (κ2) is 7.79. The number of benzene rings is 2. The van der Waals surface area contributed by atoms with Crippen molar-refractivity contribution in [2.75, 3.05) is 30.0 Å². The van der Waals surface area contributed by atoms with Crippen LogP contribution >= 0.6 is 11.6 Å². The predicted octanol–water partition coefficient (Wildman–Crippen LogP) is 3.68. The molecule has 2 aromatic rings. The van der Waals surface area contributed by atoms with Crippen LogP contribution in [0.4, 0.5) is 11.4 Å². The number of halogens is 1. The van der Waals surface area contributed by atoms with Gasteiger partial charge in [-0.1, -0.05) is 29.8 Å². The molecule has 1 aliphatic heterocycles. The number of fused-ring (bicyclic) bond motifs is 1. The van der Waals surface area contributed by atoms with E-state index in [1.54, 1.807) is 23.1 Å². The van der Waals surface area contributed by atoms with E-state index in [1.165, 1.54) is 18.9 Å². The number of para-hydroxylation sites is 1. The third-order valence-corrected chi connectivity index (χ3v) is 4.83. The molecule has 2 aromatic carbocycles. The third kappa shape index (κ3) is 3.68. The largest absolute Gasteiger partial charge is 0.495 e. The number of rotatable bonds is 4. The standard InChI is InChI=1S/C20H21ClN2O3/c1-14(24)23(16-9-10-19(26-2)17(21)12-16)13-20(25)22-11-5-7-15-6-3-4-8-18(15)22/h3-4,6,8-10,12H,5,7,11,13H2,1-2H3. The van der Waals surface area contributed by atoms with Gasteiger partial charge < -0.3 is 14.5 Å². The molecule has 0 atom stereocenters. The molecule has 2 amide bonds. The Hall–Kier alpha value is -2.53. The summed E-state index contributed by atoms with van der Waals surface area (Å²) in [6.07, 6.45) is 1.88. The van der Waals surface area contributed by atoms with E-state index in [0.717, 1.165) is 24.1 Å². The average molecular weight is 373 g/mol. The number of hydrogen-bond donors (Lipinski definition) is 0. The molecule has 0 radical (unpaired) electrons. The molecule has 0 unspecified atom stereocenters. The van der Waals surface area contributed by atoms with Crippen molar-refractivity contribution in [3.05, 3.63) is 53.1 Å². The van der Waals surface area contributed by atoms with E-state index in [2.05, 4.69) is 0 Å². The van der Waals surface area contributed by atoms with Gasteiger partial charge in [0, 0.05) is 24.8 Å². The van der Waals surface area contributed by atoms with Crippen molar-refractivity contribution in [3.8, 4) is 5.75 Å². The van der Waals surface area contributed by atoms with Crippen molar-refractivity contribution in [1.29, 1.82) is 0 Å². The van der Waals surface area contributed by atoms with Gasteiger partial charge in [-0.25, -0.2) is 0 Å². The summed E-state index contributed by atoms with van der Waals surface area (Å²) in [7, 11) is 1.53. The van der Waals surface area contributed by atoms with Crippen LogP contribution in [0.3, 0.4) is 0 Å². The molecule has 136 valence electrons. The Labute approximate surface area is 158 Å². The maximum absolute atomic E-state index is 12.9. The number of ether oxygens (including phenoxy) is 1. The lowest BCUT2D eigenvalue weighted by atomic mass is 10.0. The van der Waals surface area contributed by atoms with E-state index >= 15 is 0 Å². The van der Waals surface area contributed by atoms with Gasteiger partial charge in [0.1, 0.15) is 12.3 Å². The molecule has 0 saturated heterocycles. The van der Waals surface area contributed by atoms with Gasteiger partial charge in [-0.15, -0.1) is 0 Å². The lowest BCUT2D eigenvalue weighted by molar-refractivity contribution is -0.121. The normalized spacial score (nSPS) is 13.1. The first-order valence-electron chi connectivity index (χ1n) is 8.51. The van der Waals surface area contributed by atoms with Gasteiger partial charge in [-0.05, 0) is 42.7 Å². The maximum atomic E-state index is 12.9. The monoisotopic (exact) mass is 372 g/mol. The number of methoxy groups -OCH3 is 1. The van der Waals surface area contributed by atoms with Gasteiger partial charge >= 0.3 is 0 Å². The highest BCUT2D eigenvalue weighted by Crippen LogP contribution is 2.30. The fraction of sp³-hybridized carbons (Fsp3) is 0.300. The molecule has 5 nitrogen and oxygen atoms in total. The summed E-state index contributed by atoms with van der Waals surface area (Å²) in [5, 5.41) is 0.395. The summed E-state index contributed by atoms with van der Waals surface area (Å²) >= 11 is 6.17. The van der Waals surface area contributed by atoms with E-state index in [-0.39, 0.29) is 18.4 Å². The summed E-state index contributed by atoms with van der Waals surface area (Å²) in [5.41, 5.74) is 2.66. The number of hydrogen-bond acceptors (Lipinski definition) is 3. The van der Waals surface area contributed by atoms with Crippen LogP contribution in [0.5, 0.6) is 5.75 Å². The van der Waals surface area contributed by atoms with E-state index in [0.29, 0.717) is 23.0 Å². The Morgan fingerprint density at radius 3 is 2.69 bits per heavy atom. The van der Waals surface area contributed by atoms with Crippen molar-refractivity contribution in [2.24, 2.45) is 0 Å². The first-order chi connectivity index (χ1) is 12.5. The van der Waals surface area contributed by atoms with Gasteiger partial charge in [0.2, 0.25) is 11.8 Å². The molecule has 0 aromatic heterocycles. The molecule has 1 heterocycles. The van der Waals surface area contributed by atoms with E-state index in [4.69, 9.17) is 16.3 Å². The number of aryl methyl sites for hydroxylation is 1.